The maximum absolute atomic E-state index is 15.3. The summed E-state index contributed by atoms with van der Waals surface area (Å²) in [7, 11) is 0. The van der Waals surface area contributed by atoms with Crippen molar-refractivity contribution in [3.05, 3.63) is 166 Å². The zero-order chi connectivity index (χ0) is 37.1. The van der Waals surface area contributed by atoms with E-state index in [2.05, 4.69) is 0 Å². The number of hydrogen-bond acceptors (Lipinski definition) is 5. The third-order valence-corrected chi connectivity index (χ3v) is 7.57. The molecule has 0 saturated heterocycles. The van der Waals surface area contributed by atoms with Crippen LogP contribution >= 0.6 is 0 Å². The maximum Gasteiger partial charge on any atom is 0.338 e. The molecule has 264 valence electrons. The van der Waals surface area contributed by atoms with Gasteiger partial charge in [-0.2, -0.15) is 17.6 Å². The molecule has 0 radical (unpaired) electrons. The smallest absolute Gasteiger partial charge is 0.338 e. The van der Waals surface area contributed by atoms with Crippen molar-refractivity contribution >= 4 is 5.97 Å². The molecule has 0 fully saturated rings. The Bertz CT molecular complexity index is 2220. The molecule has 0 amide bonds. The molecular weight excluding hydrogens is 700 g/mol. The average molecular weight is 723 g/mol. The van der Waals surface area contributed by atoms with E-state index in [0.29, 0.717) is 16.9 Å². The van der Waals surface area contributed by atoms with Crippen LogP contribution < -0.4 is 14.2 Å². The van der Waals surface area contributed by atoms with Gasteiger partial charge in [0.15, 0.2) is 23.3 Å². The van der Waals surface area contributed by atoms with Crippen LogP contribution in [0.25, 0.3) is 11.1 Å². The summed E-state index contributed by atoms with van der Waals surface area (Å²) in [6.45, 7) is 1.58. The number of para-hydroxylation sites is 1. The van der Waals surface area contributed by atoms with Crippen molar-refractivity contribution in [3.8, 4) is 45.6 Å². The van der Waals surface area contributed by atoms with E-state index < -0.39 is 80.9 Å². The maximum atomic E-state index is 15.3. The highest BCUT2D eigenvalue weighted by atomic mass is 19.2. The molecule has 0 unspecified atom stereocenters. The molecule has 0 heterocycles. The summed E-state index contributed by atoms with van der Waals surface area (Å²) >= 11 is 0. The Kier molecular flexibility index (Phi) is 10.1. The molecular formula is C39H22F8O5. The Morgan fingerprint density at radius 3 is 1.46 bits per heavy atom. The van der Waals surface area contributed by atoms with E-state index in [1.807, 2.05) is 0 Å². The van der Waals surface area contributed by atoms with E-state index in [-0.39, 0.29) is 23.7 Å². The minimum atomic E-state index is -2.43. The lowest BCUT2D eigenvalue weighted by molar-refractivity contribution is 0.0472. The fraction of sp³-hybridized carbons (Fsp3) is 0.0513. The molecule has 6 aromatic rings. The first-order valence-electron chi connectivity index (χ1n) is 15.2. The number of carbonyl (C=O) groups excluding carboxylic acids is 1. The van der Waals surface area contributed by atoms with Gasteiger partial charge in [0, 0.05) is 6.07 Å². The van der Waals surface area contributed by atoms with Crippen LogP contribution in [0.3, 0.4) is 0 Å². The summed E-state index contributed by atoms with van der Waals surface area (Å²) < 4.78 is 143. The number of carbonyl (C=O) groups is 1. The highest BCUT2D eigenvalue weighted by Crippen LogP contribution is 2.44. The minimum Gasteiger partial charge on any atom is -0.457 e. The van der Waals surface area contributed by atoms with Crippen LogP contribution in [0.1, 0.15) is 21.5 Å². The lowest BCUT2D eigenvalue weighted by Gasteiger charge is -2.17. The molecule has 0 atom stereocenters. The minimum absolute atomic E-state index is 0.0114. The van der Waals surface area contributed by atoms with E-state index in [1.165, 1.54) is 18.2 Å². The first-order valence-corrected chi connectivity index (χ1v) is 15.2. The van der Waals surface area contributed by atoms with Gasteiger partial charge in [0.1, 0.15) is 29.6 Å². The van der Waals surface area contributed by atoms with Crippen LogP contribution in [0, 0.1) is 53.5 Å². The molecule has 6 rings (SSSR count). The van der Waals surface area contributed by atoms with Crippen molar-refractivity contribution < 1.29 is 58.9 Å². The molecule has 52 heavy (non-hydrogen) atoms. The summed E-state index contributed by atoms with van der Waals surface area (Å²) in [5.74, 6) is -23.1. The number of ether oxygens (including phenoxy) is 4. The van der Waals surface area contributed by atoms with Crippen molar-refractivity contribution in [3.63, 3.8) is 0 Å². The SMILES string of the molecule is Cc1ccc(Oc2c(F)c(F)c(-c3c(F)c(F)c(Oc4ccc(C(=O)OCc5ccccc5)cc4)c(F)c3F)c(F)c2F)cc1Oc1ccccc1. The van der Waals surface area contributed by atoms with Crippen LogP contribution in [0.2, 0.25) is 0 Å². The van der Waals surface area contributed by atoms with Crippen molar-refractivity contribution in [1.29, 1.82) is 0 Å². The summed E-state index contributed by atoms with van der Waals surface area (Å²) in [5.41, 5.74) is -2.94. The van der Waals surface area contributed by atoms with Crippen molar-refractivity contribution in [2.75, 3.05) is 0 Å². The second-order valence-electron chi connectivity index (χ2n) is 11.1. The molecule has 0 aliphatic carbocycles. The molecule has 6 aromatic carbocycles. The van der Waals surface area contributed by atoms with Crippen LogP contribution in [-0.2, 0) is 11.3 Å². The quantitative estimate of drug-likeness (QED) is 0.0800. The van der Waals surface area contributed by atoms with Crippen molar-refractivity contribution in [2.24, 2.45) is 0 Å². The van der Waals surface area contributed by atoms with Gasteiger partial charge >= 0.3 is 5.97 Å². The number of halogens is 8. The topological polar surface area (TPSA) is 54.0 Å². The Hall–Kier alpha value is -6.37. The molecule has 0 aliphatic rings. The van der Waals surface area contributed by atoms with E-state index in [0.717, 1.165) is 24.3 Å². The molecule has 0 bridgehead atoms. The number of aryl methyl sites for hydroxylation is 1. The fourth-order valence-electron chi connectivity index (χ4n) is 4.91. The van der Waals surface area contributed by atoms with Gasteiger partial charge in [0.25, 0.3) is 0 Å². The van der Waals surface area contributed by atoms with Gasteiger partial charge < -0.3 is 18.9 Å². The van der Waals surface area contributed by atoms with E-state index in [9.17, 15) is 4.79 Å². The highest BCUT2D eigenvalue weighted by molar-refractivity contribution is 5.89. The monoisotopic (exact) mass is 722 g/mol. The number of hydrogen-bond donors (Lipinski definition) is 0. The van der Waals surface area contributed by atoms with Gasteiger partial charge in [-0.15, -0.1) is 0 Å². The van der Waals surface area contributed by atoms with E-state index in [4.69, 9.17) is 18.9 Å². The zero-order valence-electron chi connectivity index (χ0n) is 26.6. The molecule has 0 saturated carbocycles. The zero-order valence-corrected chi connectivity index (χ0v) is 26.6. The van der Waals surface area contributed by atoms with Gasteiger partial charge in [0.2, 0.25) is 34.8 Å². The first-order chi connectivity index (χ1) is 24.9. The van der Waals surface area contributed by atoms with Crippen LogP contribution in [-0.4, -0.2) is 5.97 Å². The standard InChI is InChI=1S/C39H22F8O5/c1-20-12-15-25(18-26(20)50-23-10-6-3-7-11-23)52-38-35(46)31(42)28(32(43)36(38)47)27-29(40)33(44)37(34(45)30(27)41)51-24-16-13-22(14-17-24)39(48)49-19-21-8-4-2-5-9-21/h2-18H,19H2,1H3. The summed E-state index contributed by atoms with van der Waals surface area (Å²) in [4.78, 5) is 12.4. The van der Waals surface area contributed by atoms with Gasteiger partial charge in [-0.05, 0) is 60.5 Å². The second kappa shape index (κ2) is 14.9. The van der Waals surface area contributed by atoms with Crippen molar-refractivity contribution in [2.45, 2.75) is 13.5 Å². The average Bonchev–Trinajstić information content (AvgIpc) is 3.16. The van der Waals surface area contributed by atoms with Gasteiger partial charge in [-0.3, -0.25) is 0 Å². The van der Waals surface area contributed by atoms with E-state index >= 15 is 35.1 Å². The van der Waals surface area contributed by atoms with Gasteiger partial charge in [0.05, 0.1) is 16.7 Å². The largest absolute Gasteiger partial charge is 0.457 e. The molecule has 0 aromatic heterocycles. The third kappa shape index (κ3) is 7.11. The predicted molar refractivity (Wildman–Crippen MR) is 171 cm³/mol. The Morgan fingerprint density at radius 1 is 0.500 bits per heavy atom. The number of benzene rings is 6. The summed E-state index contributed by atoms with van der Waals surface area (Å²) in [6.07, 6.45) is 0. The van der Waals surface area contributed by atoms with Crippen LogP contribution in [0.15, 0.2) is 103 Å². The molecule has 0 aliphatic heterocycles. The predicted octanol–water partition coefficient (Wildman–Crippen LogP) is 11.5. The Balaban J connectivity index is 1.26. The Labute approximate surface area is 290 Å². The van der Waals surface area contributed by atoms with E-state index in [1.54, 1.807) is 67.6 Å². The molecule has 0 N–H and O–H groups in total. The van der Waals surface area contributed by atoms with Crippen molar-refractivity contribution in [1.82, 2.24) is 0 Å². The number of rotatable bonds is 10. The summed E-state index contributed by atoms with van der Waals surface area (Å²) in [5, 5.41) is 0. The molecule has 0 spiro atoms. The lowest BCUT2D eigenvalue weighted by atomic mass is 10.0. The van der Waals surface area contributed by atoms with Gasteiger partial charge in [-0.25, -0.2) is 22.4 Å². The number of esters is 1. The lowest BCUT2D eigenvalue weighted by Crippen LogP contribution is -2.09. The Morgan fingerprint density at radius 2 is 0.942 bits per heavy atom. The molecule has 13 heteroatoms. The van der Waals surface area contributed by atoms with Crippen LogP contribution in [0.4, 0.5) is 35.1 Å². The summed E-state index contributed by atoms with van der Waals surface area (Å²) in [6, 6.07) is 25.1. The first kappa shape index (κ1) is 35.5. The fourth-order valence-corrected chi connectivity index (χ4v) is 4.91. The highest BCUT2D eigenvalue weighted by Gasteiger charge is 2.35. The van der Waals surface area contributed by atoms with Gasteiger partial charge in [-0.1, -0.05) is 54.6 Å². The van der Waals surface area contributed by atoms with Crippen LogP contribution in [0.5, 0.6) is 34.5 Å². The third-order valence-electron chi connectivity index (χ3n) is 7.57. The second-order valence-corrected chi connectivity index (χ2v) is 11.1. The normalized spacial score (nSPS) is 10.9. The molecule has 5 nitrogen and oxygen atoms in total.